The van der Waals surface area contributed by atoms with Crippen molar-refractivity contribution in [3.63, 3.8) is 0 Å². The Morgan fingerprint density at radius 3 is 2.68 bits per heavy atom. The third-order valence-corrected chi connectivity index (χ3v) is 5.21. The first-order valence-corrected chi connectivity index (χ1v) is 8.74. The fraction of sp³-hybridized carbons (Fsp3) is 0.632. The third-order valence-electron chi connectivity index (χ3n) is 5.21. The number of carbonyl (C=O) groups is 1. The van der Waals surface area contributed by atoms with E-state index in [1.54, 1.807) is 0 Å². The second kappa shape index (κ2) is 6.82. The largest absolute Gasteiger partial charge is 0.340 e. The Morgan fingerprint density at radius 2 is 1.95 bits per heavy atom. The molecule has 1 aromatic rings. The second-order valence-corrected chi connectivity index (χ2v) is 7.07. The zero-order valence-corrected chi connectivity index (χ0v) is 13.9. The molecule has 0 N–H and O–H groups in total. The fourth-order valence-electron chi connectivity index (χ4n) is 3.70. The normalized spacial score (nSPS) is 22.1. The summed E-state index contributed by atoms with van der Waals surface area (Å²) in [6, 6.07) is 9.38. The molecule has 1 aromatic carbocycles. The topological polar surface area (TPSA) is 23.6 Å². The standard InChI is InChI=1S/C19H28N2O/c1-15(2)17-8-5-16(6-9-17)7-10-19(22)21-13-12-20-11-3-4-18(20)14-21/h5-6,8-9,15,18H,3-4,7,10-14H2,1-2H3/t18-/m1/s1. The molecular weight excluding hydrogens is 272 g/mol. The quantitative estimate of drug-likeness (QED) is 0.853. The van der Waals surface area contributed by atoms with Gasteiger partial charge in [0.25, 0.3) is 0 Å². The van der Waals surface area contributed by atoms with Crippen LogP contribution in [0.4, 0.5) is 0 Å². The van der Waals surface area contributed by atoms with Crippen LogP contribution in [0.3, 0.4) is 0 Å². The Labute approximate surface area is 134 Å². The zero-order chi connectivity index (χ0) is 15.5. The van der Waals surface area contributed by atoms with Gasteiger partial charge < -0.3 is 4.90 Å². The first-order valence-electron chi connectivity index (χ1n) is 8.74. The maximum absolute atomic E-state index is 12.4. The van der Waals surface area contributed by atoms with E-state index in [2.05, 4.69) is 47.9 Å². The zero-order valence-electron chi connectivity index (χ0n) is 13.9. The number of amides is 1. The predicted molar refractivity (Wildman–Crippen MR) is 90.0 cm³/mol. The van der Waals surface area contributed by atoms with Crippen molar-refractivity contribution in [1.29, 1.82) is 0 Å². The molecule has 0 saturated carbocycles. The lowest BCUT2D eigenvalue weighted by molar-refractivity contribution is -0.133. The average molecular weight is 300 g/mol. The van der Waals surface area contributed by atoms with Crippen molar-refractivity contribution in [2.24, 2.45) is 0 Å². The highest BCUT2D eigenvalue weighted by atomic mass is 16.2. The van der Waals surface area contributed by atoms with Crippen molar-refractivity contribution in [2.45, 2.75) is 51.5 Å². The maximum Gasteiger partial charge on any atom is 0.222 e. The summed E-state index contributed by atoms with van der Waals surface area (Å²) < 4.78 is 0. The number of fused-ring (bicyclic) bond motifs is 1. The molecule has 0 unspecified atom stereocenters. The van der Waals surface area contributed by atoms with Crippen molar-refractivity contribution in [1.82, 2.24) is 9.80 Å². The van der Waals surface area contributed by atoms with Crippen molar-refractivity contribution in [3.8, 4) is 0 Å². The van der Waals surface area contributed by atoms with E-state index in [1.807, 2.05) is 0 Å². The van der Waals surface area contributed by atoms with Gasteiger partial charge in [0, 0.05) is 32.1 Å². The van der Waals surface area contributed by atoms with E-state index in [4.69, 9.17) is 0 Å². The van der Waals surface area contributed by atoms with Crippen molar-refractivity contribution in [2.75, 3.05) is 26.2 Å². The van der Waals surface area contributed by atoms with Crippen LogP contribution in [-0.2, 0) is 11.2 Å². The van der Waals surface area contributed by atoms with E-state index >= 15 is 0 Å². The molecule has 0 spiro atoms. The Bertz CT molecular complexity index is 509. The van der Waals surface area contributed by atoms with Crippen molar-refractivity contribution >= 4 is 5.91 Å². The summed E-state index contributed by atoms with van der Waals surface area (Å²) in [6.07, 6.45) is 4.07. The number of rotatable bonds is 4. The van der Waals surface area contributed by atoms with Crippen molar-refractivity contribution in [3.05, 3.63) is 35.4 Å². The second-order valence-electron chi connectivity index (χ2n) is 7.07. The molecule has 2 aliphatic rings. The van der Waals surface area contributed by atoms with Gasteiger partial charge in [-0.3, -0.25) is 9.69 Å². The van der Waals surface area contributed by atoms with Gasteiger partial charge in [0.2, 0.25) is 5.91 Å². The molecule has 2 fully saturated rings. The van der Waals surface area contributed by atoms with E-state index < -0.39 is 0 Å². The molecule has 0 aromatic heterocycles. The molecular formula is C19H28N2O. The minimum atomic E-state index is 0.333. The third kappa shape index (κ3) is 3.52. The highest BCUT2D eigenvalue weighted by Gasteiger charge is 2.32. The van der Waals surface area contributed by atoms with Crippen LogP contribution in [0.1, 0.15) is 50.2 Å². The van der Waals surface area contributed by atoms with Gasteiger partial charge in [0.15, 0.2) is 0 Å². The van der Waals surface area contributed by atoms with E-state index in [0.29, 0.717) is 24.3 Å². The smallest absolute Gasteiger partial charge is 0.222 e. The lowest BCUT2D eigenvalue weighted by Crippen LogP contribution is -2.52. The number of carbonyl (C=O) groups excluding carboxylic acids is 1. The summed E-state index contributed by atoms with van der Waals surface area (Å²) in [6.45, 7) is 8.59. The van der Waals surface area contributed by atoms with Gasteiger partial charge in [-0.2, -0.15) is 0 Å². The molecule has 22 heavy (non-hydrogen) atoms. The fourth-order valence-corrected chi connectivity index (χ4v) is 3.70. The van der Waals surface area contributed by atoms with E-state index in [0.717, 1.165) is 26.1 Å². The summed E-state index contributed by atoms with van der Waals surface area (Å²) in [5, 5.41) is 0. The van der Waals surface area contributed by atoms with Crippen LogP contribution in [0.5, 0.6) is 0 Å². The van der Waals surface area contributed by atoms with E-state index in [1.165, 1.54) is 30.5 Å². The SMILES string of the molecule is CC(C)c1ccc(CCC(=O)N2CCN3CCC[C@@H]3C2)cc1. The number of benzene rings is 1. The van der Waals surface area contributed by atoms with Gasteiger partial charge in [-0.15, -0.1) is 0 Å². The van der Waals surface area contributed by atoms with Gasteiger partial charge in [0.1, 0.15) is 0 Å². The molecule has 2 aliphatic heterocycles. The van der Waals surface area contributed by atoms with Crippen LogP contribution in [0.2, 0.25) is 0 Å². The Kier molecular flexibility index (Phi) is 4.82. The first kappa shape index (κ1) is 15.5. The Balaban J connectivity index is 1.49. The number of hydrogen-bond acceptors (Lipinski definition) is 2. The highest BCUT2D eigenvalue weighted by Crippen LogP contribution is 2.22. The lowest BCUT2D eigenvalue weighted by Gasteiger charge is -2.37. The van der Waals surface area contributed by atoms with Crippen LogP contribution < -0.4 is 0 Å². The summed E-state index contributed by atoms with van der Waals surface area (Å²) in [5.41, 5.74) is 2.64. The first-order chi connectivity index (χ1) is 10.6. The average Bonchev–Trinajstić information content (AvgIpc) is 3.00. The molecule has 0 bridgehead atoms. The minimum Gasteiger partial charge on any atom is -0.340 e. The van der Waals surface area contributed by atoms with E-state index in [9.17, 15) is 4.79 Å². The summed E-state index contributed by atoms with van der Waals surface area (Å²) in [4.78, 5) is 17.1. The van der Waals surface area contributed by atoms with Gasteiger partial charge in [-0.05, 0) is 42.9 Å². The van der Waals surface area contributed by atoms with Crippen LogP contribution in [0, 0.1) is 0 Å². The lowest BCUT2D eigenvalue weighted by atomic mass is 10.00. The molecule has 3 rings (SSSR count). The van der Waals surface area contributed by atoms with Crippen LogP contribution >= 0.6 is 0 Å². The van der Waals surface area contributed by atoms with Gasteiger partial charge in [-0.1, -0.05) is 38.1 Å². The molecule has 120 valence electrons. The predicted octanol–water partition coefficient (Wildman–Crippen LogP) is 3.05. The van der Waals surface area contributed by atoms with Crippen molar-refractivity contribution < 1.29 is 4.79 Å². The summed E-state index contributed by atoms with van der Waals surface area (Å²) in [7, 11) is 0. The number of hydrogen-bond donors (Lipinski definition) is 0. The molecule has 0 radical (unpaired) electrons. The molecule has 1 amide bonds. The number of aryl methyl sites for hydroxylation is 1. The Morgan fingerprint density at radius 1 is 1.18 bits per heavy atom. The van der Waals surface area contributed by atoms with Crippen LogP contribution in [0.15, 0.2) is 24.3 Å². The number of nitrogens with zero attached hydrogens (tertiary/aromatic N) is 2. The molecule has 1 atom stereocenters. The highest BCUT2D eigenvalue weighted by molar-refractivity contribution is 5.76. The van der Waals surface area contributed by atoms with Crippen LogP contribution in [0.25, 0.3) is 0 Å². The molecule has 3 heteroatoms. The molecule has 2 saturated heterocycles. The van der Waals surface area contributed by atoms with E-state index in [-0.39, 0.29) is 0 Å². The maximum atomic E-state index is 12.4. The Hall–Kier alpha value is -1.35. The van der Waals surface area contributed by atoms with Gasteiger partial charge >= 0.3 is 0 Å². The summed E-state index contributed by atoms with van der Waals surface area (Å²) >= 11 is 0. The minimum absolute atomic E-state index is 0.333. The number of piperazine rings is 1. The molecule has 2 heterocycles. The van der Waals surface area contributed by atoms with Gasteiger partial charge in [0.05, 0.1) is 0 Å². The monoisotopic (exact) mass is 300 g/mol. The van der Waals surface area contributed by atoms with Gasteiger partial charge in [-0.25, -0.2) is 0 Å². The summed E-state index contributed by atoms with van der Waals surface area (Å²) in [5.74, 6) is 0.901. The van der Waals surface area contributed by atoms with Crippen LogP contribution in [-0.4, -0.2) is 47.9 Å². The molecule has 0 aliphatic carbocycles. The molecule has 3 nitrogen and oxygen atoms in total.